The molecule has 0 saturated heterocycles. The van der Waals surface area contributed by atoms with Crippen LogP contribution >= 0.6 is 0 Å². The van der Waals surface area contributed by atoms with E-state index in [-0.39, 0.29) is 5.91 Å². The van der Waals surface area contributed by atoms with Crippen molar-refractivity contribution in [1.82, 2.24) is 4.90 Å². The molecule has 0 heterocycles. The van der Waals surface area contributed by atoms with Gasteiger partial charge in [-0.3, -0.25) is 9.59 Å². The Balaban J connectivity index is 3.74. The van der Waals surface area contributed by atoms with Gasteiger partial charge in [0.05, 0.1) is 0 Å². The standard InChI is InChI=1S/C13H22N2O2/c1-3-15(4-2)13(17)11-9-7-5-6-8-10-12(14)16/h8-11H,3-7H2,1-2H3,(H2,14,16). The van der Waals surface area contributed by atoms with E-state index in [0.717, 1.165) is 32.4 Å². The van der Waals surface area contributed by atoms with Gasteiger partial charge >= 0.3 is 0 Å². The Kier molecular flexibility index (Phi) is 8.74. The molecular formula is C13H22N2O2. The molecule has 4 nitrogen and oxygen atoms in total. The zero-order valence-corrected chi connectivity index (χ0v) is 10.7. The number of unbranched alkanes of at least 4 members (excludes halogenated alkanes) is 2. The van der Waals surface area contributed by atoms with Crippen molar-refractivity contribution < 1.29 is 9.59 Å². The predicted molar refractivity (Wildman–Crippen MR) is 69.3 cm³/mol. The summed E-state index contributed by atoms with van der Waals surface area (Å²) >= 11 is 0. The van der Waals surface area contributed by atoms with Crippen LogP contribution in [0.1, 0.15) is 33.1 Å². The van der Waals surface area contributed by atoms with Crippen LogP contribution in [0.5, 0.6) is 0 Å². The highest BCUT2D eigenvalue weighted by Crippen LogP contribution is 1.99. The van der Waals surface area contributed by atoms with Crippen LogP contribution in [0.15, 0.2) is 24.3 Å². The number of likely N-dealkylation sites (N-methyl/N-ethyl adjacent to an activating group) is 1. The molecule has 0 radical (unpaired) electrons. The van der Waals surface area contributed by atoms with Crippen LogP contribution in [0.25, 0.3) is 0 Å². The maximum Gasteiger partial charge on any atom is 0.246 e. The van der Waals surface area contributed by atoms with E-state index in [4.69, 9.17) is 5.73 Å². The molecule has 0 fully saturated rings. The monoisotopic (exact) mass is 238 g/mol. The van der Waals surface area contributed by atoms with Gasteiger partial charge in [-0.1, -0.05) is 12.2 Å². The number of allylic oxidation sites excluding steroid dienone is 2. The SMILES string of the molecule is CCN(CC)C(=O)C=CCCCC=CC(N)=O. The molecule has 0 aliphatic heterocycles. The maximum absolute atomic E-state index is 11.5. The highest BCUT2D eigenvalue weighted by Gasteiger charge is 2.03. The summed E-state index contributed by atoms with van der Waals surface area (Å²) in [5.74, 6) is -0.361. The highest BCUT2D eigenvalue weighted by molar-refractivity contribution is 5.87. The van der Waals surface area contributed by atoms with Crippen LogP contribution in [-0.4, -0.2) is 29.8 Å². The summed E-state index contributed by atoms with van der Waals surface area (Å²) < 4.78 is 0. The van der Waals surface area contributed by atoms with Gasteiger partial charge in [-0.15, -0.1) is 0 Å². The lowest BCUT2D eigenvalue weighted by Gasteiger charge is -2.15. The van der Waals surface area contributed by atoms with E-state index in [1.165, 1.54) is 6.08 Å². The van der Waals surface area contributed by atoms with E-state index in [2.05, 4.69) is 0 Å². The first-order valence-electron chi connectivity index (χ1n) is 6.03. The maximum atomic E-state index is 11.5. The minimum atomic E-state index is -0.419. The normalized spacial score (nSPS) is 11.2. The van der Waals surface area contributed by atoms with Gasteiger partial charge in [-0.2, -0.15) is 0 Å². The lowest BCUT2D eigenvalue weighted by molar-refractivity contribution is -0.125. The van der Waals surface area contributed by atoms with Crippen LogP contribution in [0.2, 0.25) is 0 Å². The second kappa shape index (κ2) is 9.63. The molecule has 0 rings (SSSR count). The largest absolute Gasteiger partial charge is 0.366 e. The molecule has 0 aromatic heterocycles. The molecule has 0 aliphatic carbocycles. The average Bonchev–Trinajstić information content (AvgIpc) is 2.29. The minimum absolute atomic E-state index is 0.0580. The van der Waals surface area contributed by atoms with E-state index < -0.39 is 5.91 Å². The molecule has 0 aromatic carbocycles. The fourth-order valence-corrected chi connectivity index (χ4v) is 1.38. The molecule has 0 atom stereocenters. The van der Waals surface area contributed by atoms with Gasteiger partial charge in [-0.05, 0) is 45.3 Å². The molecule has 0 aromatic rings. The molecule has 0 bridgehead atoms. The third-order valence-electron chi connectivity index (χ3n) is 2.36. The van der Waals surface area contributed by atoms with Crippen molar-refractivity contribution in [2.75, 3.05) is 13.1 Å². The molecule has 2 N–H and O–H groups in total. The van der Waals surface area contributed by atoms with Gasteiger partial charge in [0.1, 0.15) is 0 Å². The Morgan fingerprint density at radius 1 is 1.06 bits per heavy atom. The predicted octanol–water partition coefficient (Wildman–Crippen LogP) is 1.62. The molecule has 96 valence electrons. The average molecular weight is 238 g/mol. The number of hydrogen-bond donors (Lipinski definition) is 1. The number of carbonyl (C=O) groups excluding carboxylic acids is 2. The van der Waals surface area contributed by atoms with Crippen LogP contribution in [-0.2, 0) is 9.59 Å². The molecular weight excluding hydrogens is 216 g/mol. The van der Waals surface area contributed by atoms with Crippen molar-refractivity contribution in [1.29, 1.82) is 0 Å². The quantitative estimate of drug-likeness (QED) is 0.516. The summed E-state index contributed by atoms with van der Waals surface area (Å²) in [5.41, 5.74) is 4.95. The minimum Gasteiger partial charge on any atom is -0.366 e. The number of primary amides is 1. The third-order valence-corrected chi connectivity index (χ3v) is 2.36. The van der Waals surface area contributed by atoms with Crippen molar-refractivity contribution in [2.45, 2.75) is 33.1 Å². The van der Waals surface area contributed by atoms with E-state index in [0.29, 0.717) is 0 Å². The van der Waals surface area contributed by atoms with Crippen molar-refractivity contribution in [3.63, 3.8) is 0 Å². The fraction of sp³-hybridized carbons (Fsp3) is 0.538. The molecule has 4 heteroatoms. The molecule has 0 unspecified atom stereocenters. The van der Waals surface area contributed by atoms with Gasteiger partial charge in [0, 0.05) is 13.1 Å². The summed E-state index contributed by atoms with van der Waals surface area (Å²) in [5, 5.41) is 0. The van der Waals surface area contributed by atoms with Gasteiger partial charge < -0.3 is 10.6 Å². The number of nitrogens with zero attached hydrogens (tertiary/aromatic N) is 1. The van der Waals surface area contributed by atoms with Crippen molar-refractivity contribution in [3.8, 4) is 0 Å². The van der Waals surface area contributed by atoms with Crippen molar-refractivity contribution >= 4 is 11.8 Å². The number of rotatable bonds is 8. The van der Waals surface area contributed by atoms with Crippen LogP contribution < -0.4 is 5.73 Å². The molecule has 2 amide bonds. The Labute approximate surface area is 103 Å². The van der Waals surface area contributed by atoms with Gasteiger partial charge in [0.2, 0.25) is 11.8 Å². The molecule has 0 saturated carbocycles. The second-order valence-corrected chi connectivity index (χ2v) is 3.65. The smallest absolute Gasteiger partial charge is 0.246 e. The lowest BCUT2D eigenvalue weighted by atomic mass is 10.2. The Morgan fingerprint density at radius 2 is 1.59 bits per heavy atom. The summed E-state index contributed by atoms with van der Waals surface area (Å²) in [6.07, 6.45) is 9.14. The summed E-state index contributed by atoms with van der Waals surface area (Å²) in [6.45, 7) is 5.40. The van der Waals surface area contributed by atoms with Crippen LogP contribution in [0.4, 0.5) is 0 Å². The second-order valence-electron chi connectivity index (χ2n) is 3.65. The van der Waals surface area contributed by atoms with Gasteiger partial charge in [0.25, 0.3) is 0 Å². The summed E-state index contributed by atoms with van der Waals surface area (Å²) in [6, 6.07) is 0. The Morgan fingerprint density at radius 3 is 2.06 bits per heavy atom. The van der Waals surface area contributed by atoms with Crippen LogP contribution in [0, 0.1) is 0 Å². The van der Waals surface area contributed by atoms with Gasteiger partial charge in [-0.25, -0.2) is 0 Å². The number of carbonyl (C=O) groups is 2. The summed E-state index contributed by atoms with van der Waals surface area (Å²) in [7, 11) is 0. The highest BCUT2D eigenvalue weighted by atomic mass is 16.2. The Bertz CT molecular complexity index is 292. The zero-order valence-electron chi connectivity index (χ0n) is 10.7. The lowest BCUT2D eigenvalue weighted by Crippen LogP contribution is -2.28. The van der Waals surface area contributed by atoms with E-state index in [9.17, 15) is 9.59 Å². The zero-order chi connectivity index (χ0) is 13.1. The molecule has 0 spiro atoms. The first-order chi connectivity index (χ1) is 8.11. The molecule has 0 aliphatic rings. The van der Waals surface area contributed by atoms with Crippen molar-refractivity contribution in [2.24, 2.45) is 5.73 Å². The number of hydrogen-bond acceptors (Lipinski definition) is 2. The fourth-order valence-electron chi connectivity index (χ4n) is 1.38. The first kappa shape index (κ1) is 15.4. The van der Waals surface area contributed by atoms with Crippen molar-refractivity contribution in [3.05, 3.63) is 24.3 Å². The molecule has 17 heavy (non-hydrogen) atoms. The van der Waals surface area contributed by atoms with E-state index in [1.807, 2.05) is 19.9 Å². The summed E-state index contributed by atoms with van der Waals surface area (Å²) in [4.78, 5) is 23.7. The van der Waals surface area contributed by atoms with E-state index >= 15 is 0 Å². The Hall–Kier alpha value is -1.58. The first-order valence-corrected chi connectivity index (χ1v) is 6.03. The number of nitrogens with two attached hydrogens (primary N) is 1. The number of amides is 2. The van der Waals surface area contributed by atoms with E-state index in [1.54, 1.807) is 17.1 Å². The third kappa shape index (κ3) is 8.25. The van der Waals surface area contributed by atoms with Gasteiger partial charge in [0.15, 0.2) is 0 Å². The topological polar surface area (TPSA) is 63.4 Å². The van der Waals surface area contributed by atoms with Crippen LogP contribution in [0.3, 0.4) is 0 Å².